The Balaban J connectivity index is 1.98. The van der Waals surface area contributed by atoms with Gasteiger partial charge in [0.1, 0.15) is 5.82 Å². The number of hydrogen-bond donors (Lipinski definition) is 1. The number of nitrogens with one attached hydrogen (secondary N) is 1. The molecule has 0 saturated carbocycles. The molecule has 2 nitrogen and oxygen atoms in total. The zero-order valence-electron chi connectivity index (χ0n) is 10.0. The lowest BCUT2D eigenvalue weighted by atomic mass is 9.98. The van der Waals surface area contributed by atoms with Gasteiger partial charge in [-0.05, 0) is 55.6 Å². The Morgan fingerprint density at radius 3 is 3.12 bits per heavy atom. The van der Waals surface area contributed by atoms with E-state index in [4.69, 9.17) is 0 Å². The molecule has 17 heavy (non-hydrogen) atoms. The lowest BCUT2D eigenvalue weighted by Crippen LogP contribution is -2.10. The minimum Gasteiger partial charge on any atom is -0.350 e. The number of aryl methyl sites for hydroxylation is 1. The predicted octanol–water partition coefficient (Wildman–Crippen LogP) is 2.47. The van der Waals surface area contributed by atoms with Crippen LogP contribution >= 0.6 is 0 Å². The van der Waals surface area contributed by atoms with Gasteiger partial charge in [-0.3, -0.25) is 0 Å². The number of hydrogen-bond acceptors (Lipinski definition) is 1. The van der Waals surface area contributed by atoms with E-state index in [-0.39, 0.29) is 5.82 Å². The number of benzene rings is 1. The van der Waals surface area contributed by atoms with E-state index in [1.54, 1.807) is 12.1 Å². The molecule has 0 amide bonds. The molecule has 3 rings (SSSR count). The highest BCUT2D eigenvalue weighted by atomic mass is 19.1. The van der Waals surface area contributed by atoms with Gasteiger partial charge in [-0.1, -0.05) is 0 Å². The lowest BCUT2D eigenvalue weighted by molar-refractivity contribution is 0.581. The maximum Gasteiger partial charge on any atom is 0.125 e. The summed E-state index contributed by atoms with van der Waals surface area (Å²) in [5, 5.41) is 4.58. The van der Waals surface area contributed by atoms with Gasteiger partial charge < -0.3 is 9.88 Å². The molecule has 0 bridgehead atoms. The first-order valence-electron chi connectivity index (χ1n) is 6.18. The fourth-order valence-corrected chi connectivity index (χ4v) is 2.80. The predicted molar refractivity (Wildman–Crippen MR) is 67.6 cm³/mol. The van der Waals surface area contributed by atoms with Crippen molar-refractivity contribution in [3.63, 3.8) is 0 Å². The number of rotatable bonds is 2. The highest BCUT2D eigenvalue weighted by molar-refractivity contribution is 5.84. The SMILES string of the molecule is Cn1cc(CC2CCNC2)c2ccc(F)cc21. The Kier molecular flexibility index (Phi) is 2.63. The standard InChI is InChI=1S/C14H17FN2/c1-17-9-11(6-10-4-5-16-8-10)13-3-2-12(15)7-14(13)17/h2-3,7,9-10,16H,4-6,8H2,1H3. The largest absolute Gasteiger partial charge is 0.350 e. The van der Waals surface area contributed by atoms with Crippen LogP contribution in [-0.4, -0.2) is 17.7 Å². The van der Waals surface area contributed by atoms with Gasteiger partial charge in [0.2, 0.25) is 0 Å². The molecule has 1 aliphatic rings. The van der Waals surface area contributed by atoms with Crippen molar-refractivity contribution < 1.29 is 4.39 Å². The van der Waals surface area contributed by atoms with Crippen LogP contribution in [0, 0.1) is 11.7 Å². The molecule has 1 N–H and O–H groups in total. The highest BCUT2D eigenvalue weighted by Crippen LogP contribution is 2.25. The van der Waals surface area contributed by atoms with Gasteiger partial charge in [-0.15, -0.1) is 0 Å². The first-order valence-corrected chi connectivity index (χ1v) is 6.18. The first kappa shape index (κ1) is 10.8. The molecule has 1 fully saturated rings. The average Bonchev–Trinajstić information content (AvgIpc) is 2.89. The molecule has 0 spiro atoms. The molecular formula is C14H17FN2. The zero-order valence-corrected chi connectivity index (χ0v) is 10.0. The Morgan fingerprint density at radius 1 is 1.47 bits per heavy atom. The van der Waals surface area contributed by atoms with Gasteiger partial charge in [0.25, 0.3) is 0 Å². The molecule has 1 unspecified atom stereocenters. The molecule has 1 aromatic carbocycles. The van der Waals surface area contributed by atoms with Gasteiger partial charge in [0.15, 0.2) is 0 Å². The first-order chi connectivity index (χ1) is 8.24. The van der Waals surface area contributed by atoms with Gasteiger partial charge >= 0.3 is 0 Å². The molecule has 0 radical (unpaired) electrons. The molecule has 2 heterocycles. The Morgan fingerprint density at radius 2 is 2.35 bits per heavy atom. The second kappa shape index (κ2) is 4.15. The minimum absolute atomic E-state index is 0.159. The van der Waals surface area contributed by atoms with Crippen molar-refractivity contribution in [3.05, 3.63) is 35.8 Å². The molecule has 0 aliphatic carbocycles. The molecular weight excluding hydrogens is 215 g/mol. The zero-order chi connectivity index (χ0) is 11.8. The summed E-state index contributed by atoms with van der Waals surface area (Å²) < 4.78 is 15.2. The number of halogens is 1. The van der Waals surface area contributed by atoms with Crippen molar-refractivity contribution in [1.82, 2.24) is 9.88 Å². The van der Waals surface area contributed by atoms with Crippen molar-refractivity contribution in [1.29, 1.82) is 0 Å². The molecule has 1 atom stereocenters. The van der Waals surface area contributed by atoms with E-state index < -0.39 is 0 Å². The number of aromatic nitrogens is 1. The van der Waals surface area contributed by atoms with Crippen LogP contribution in [0.3, 0.4) is 0 Å². The highest BCUT2D eigenvalue weighted by Gasteiger charge is 2.17. The molecule has 1 aliphatic heterocycles. The fourth-order valence-electron chi connectivity index (χ4n) is 2.80. The van der Waals surface area contributed by atoms with E-state index in [2.05, 4.69) is 11.5 Å². The van der Waals surface area contributed by atoms with E-state index in [0.717, 1.165) is 30.9 Å². The van der Waals surface area contributed by atoms with Crippen LogP contribution in [0.5, 0.6) is 0 Å². The minimum atomic E-state index is -0.159. The van der Waals surface area contributed by atoms with E-state index >= 15 is 0 Å². The van der Waals surface area contributed by atoms with Crippen LogP contribution in [0.1, 0.15) is 12.0 Å². The van der Waals surface area contributed by atoms with E-state index in [0.29, 0.717) is 0 Å². The lowest BCUT2D eigenvalue weighted by Gasteiger charge is -2.06. The van der Waals surface area contributed by atoms with Crippen molar-refractivity contribution in [2.75, 3.05) is 13.1 Å². The van der Waals surface area contributed by atoms with Crippen LogP contribution < -0.4 is 5.32 Å². The normalized spacial score (nSPS) is 20.2. The Hall–Kier alpha value is -1.35. The van der Waals surface area contributed by atoms with Gasteiger partial charge in [-0.2, -0.15) is 0 Å². The van der Waals surface area contributed by atoms with Gasteiger partial charge in [-0.25, -0.2) is 4.39 Å². The fraction of sp³-hybridized carbons (Fsp3) is 0.429. The summed E-state index contributed by atoms with van der Waals surface area (Å²) in [6, 6.07) is 5.08. The Labute approximate surface area is 100 Å². The molecule has 3 heteroatoms. The Bertz CT molecular complexity index is 538. The summed E-state index contributed by atoms with van der Waals surface area (Å²) in [5.41, 5.74) is 2.34. The second-order valence-electron chi connectivity index (χ2n) is 4.99. The van der Waals surface area contributed by atoms with Crippen LogP contribution in [0.2, 0.25) is 0 Å². The van der Waals surface area contributed by atoms with Gasteiger partial charge in [0.05, 0.1) is 5.52 Å². The summed E-state index contributed by atoms with van der Waals surface area (Å²) in [5.74, 6) is 0.568. The van der Waals surface area contributed by atoms with E-state index in [1.165, 1.54) is 17.4 Å². The summed E-state index contributed by atoms with van der Waals surface area (Å²) in [4.78, 5) is 0. The quantitative estimate of drug-likeness (QED) is 0.841. The third-order valence-electron chi connectivity index (χ3n) is 3.71. The molecule has 1 aromatic heterocycles. The van der Waals surface area contributed by atoms with Crippen LogP contribution in [-0.2, 0) is 13.5 Å². The number of fused-ring (bicyclic) bond motifs is 1. The molecule has 1 saturated heterocycles. The smallest absolute Gasteiger partial charge is 0.125 e. The average molecular weight is 232 g/mol. The van der Waals surface area contributed by atoms with Crippen molar-refractivity contribution in [3.8, 4) is 0 Å². The summed E-state index contributed by atoms with van der Waals surface area (Å²) in [6.07, 6.45) is 4.48. The molecule has 2 aromatic rings. The van der Waals surface area contributed by atoms with E-state index in [1.807, 2.05) is 17.7 Å². The van der Waals surface area contributed by atoms with Crippen molar-refractivity contribution >= 4 is 10.9 Å². The summed E-state index contributed by atoms with van der Waals surface area (Å²) >= 11 is 0. The van der Waals surface area contributed by atoms with Crippen LogP contribution in [0.25, 0.3) is 10.9 Å². The third kappa shape index (κ3) is 1.95. The monoisotopic (exact) mass is 232 g/mol. The summed E-state index contributed by atoms with van der Waals surface area (Å²) in [7, 11) is 1.98. The van der Waals surface area contributed by atoms with E-state index in [9.17, 15) is 4.39 Å². The topological polar surface area (TPSA) is 17.0 Å². The molecule has 90 valence electrons. The third-order valence-corrected chi connectivity index (χ3v) is 3.71. The van der Waals surface area contributed by atoms with Crippen LogP contribution in [0.4, 0.5) is 4.39 Å². The van der Waals surface area contributed by atoms with Crippen LogP contribution in [0.15, 0.2) is 24.4 Å². The maximum atomic E-state index is 13.2. The van der Waals surface area contributed by atoms with Crippen molar-refractivity contribution in [2.24, 2.45) is 13.0 Å². The van der Waals surface area contributed by atoms with Gasteiger partial charge in [0, 0.05) is 18.6 Å². The number of nitrogens with zero attached hydrogens (tertiary/aromatic N) is 1. The van der Waals surface area contributed by atoms with Crippen molar-refractivity contribution in [2.45, 2.75) is 12.8 Å². The second-order valence-corrected chi connectivity index (χ2v) is 4.99. The summed E-state index contributed by atoms with van der Waals surface area (Å²) in [6.45, 7) is 2.24. The maximum absolute atomic E-state index is 13.2.